The lowest BCUT2D eigenvalue weighted by molar-refractivity contribution is -0.173. The number of esters is 1. The van der Waals surface area contributed by atoms with Gasteiger partial charge in [0.1, 0.15) is 5.82 Å². The molecule has 0 radical (unpaired) electrons. The number of aromatic nitrogens is 2. The van der Waals surface area contributed by atoms with Gasteiger partial charge in [-0.15, -0.1) is 0 Å². The van der Waals surface area contributed by atoms with Gasteiger partial charge in [-0.2, -0.15) is 18.3 Å². The Hall–Kier alpha value is -3.82. The molecule has 0 spiro atoms. The van der Waals surface area contributed by atoms with Crippen molar-refractivity contribution in [3.05, 3.63) is 77.5 Å². The first-order chi connectivity index (χ1) is 15.8. The molecule has 7 nitrogen and oxygen atoms in total. The van der Waals surface area contributed by atoms with Crippen LogP contribution in [0.15, 0.2) is 60.7 Å². The van der Waals surface area contributed by atoms with Crippen LogP contribution in [0.5, 0.6) is 0 Å². The second-order valence-corrected chi connectivity index (χ2v) is 7.48. The highest BCUT2D eigenvalue weighted by Gasteiger charge is 2.46. The number of para-hydroxylation sites is 1. The Labute approximate surface area is 187 Å². The van der Waals surface area contributed by atoms with Crippen molar-refractivity contribution in [1.29, 1.82) is 0 Å². The van der Waals surface area contributed by atoms with Crippen LogP contribution < -0.4 is 10.6 Å². The molecule has 0 bridgehead atoms. The molecule has 3 aromatic rings. The van der Waals surface area contributed by atoms with Gasteiger partial charge in [0.2, 0.25) is 0 Å². The summed E-state index contributed by atoms with van der Waals surface area (Å²) >= 11 is 0. The molecule has 0 saturated heterocycles. The highest BCUT2D eigenvalue weighted by Crippen LogP contribution is 2.43. The van der Waals surface area contributed by atoms with Crippen molar-refractivity contribution >= 4 is 23.4 Å². The molecule has 0 aliphatic carbocycles. The van der Waals surface area contributed by atoms with Crippen molar-refractivity contribution in [2.45, 2.75) is 31.6 Å². The van der Waals surface area contributed by atoms with E-state index < -0.39 is 30.1 Å². The number of anilines is 2. The third-order valence-electron chi connectivity index (χ3n) is 5.30. The van der Waals surface area contributed by atoms with Crippen molar-refractivity contribution < 1.29 is 27.5 Å². The van der Waals surface area contributed by atoms with Crippen molar-refractivity contribution in [2.24, 2.45) is 0 Å². The molecule has 172 valence electrons. The first-order valence-corrected chi connectivity index (χ1v) is 10.3. The number of fused-ring (bicyclic) bond motifs is 1. The number of carbonyl (C=O) groups is 2. The maximum Gasteiger partial charge on any atom is 0.410 e. The van der Waals surface area contributed by atoms with E-state index in [1.165, 1.54) is 18.2 Å². The first kappa shape index (κ1) is 22.4. The van der Waals surface area contributed by atoms with Crippen LogP contribution in [-0.2, 0) is 4.74 Å². The number of hydrogen-bond donors (Lipinski definition) is 2. The van der Waals surface area contributed by atoms with Crippen molar-refractivity contribution in [3.8, 4) is 0 Å². The van der Waals surface area contributed by atoms with Crippen molar-refractivity contribution in [3.63, 3.8) is 0 Å². The van der Waals surface area contributed by atoms with Crippen LogP contribution in [0.25, 0.3) is 0 Å². The number of halogens is 3. The smallest absolute Gasteiger partial charge is 0.410 e. The number of benzene rings is 2. The van der Waals surface area contributed by atoms with E-state index in [1.807, 2.05) is 0 Å². The minimum absolute atomic E-state index is 0.0845. The van der Waals surface area contributed by atoms with E-state index >= 15 is 0 Å². The Bertz CT molecular complexity index is 1160. The van der Waals surface area contributed by atoms with Gasteiger partial charge in [-0.25, -0.2) is 9.48 Å². The van der Waals surface area contributed by atoms with Gasteiger partial charge in [0.15, 0.2) is 11.7 Å². The largest absolute Gasteiger partial charge is 0.462 e. The number of alkyl halides is 3. The standard InChI is InChI=1S/C23H21F3N4O3/c1-2-33-22(32)15-10-6-7-11-16(15)28-21(31)18-13-20-27-17(14-8-4-3-5-9-14)12-19(23(24,25)26)30(20)29-18/h3-11,13,17,19,27H,2,12H2,1H3,(H,28,31)/t17-,19-/m0/s1. The van der Waals surface area contributed by atoms with Crippen molar-refractivity contribution in [2.75, 3.05) is 17.2 Å². The zero-order valence-corrected chi connectivity index (χ0v) is 17.6. The number of carbonyl (C=O) groups excluding carboxylic acids is 2. The van der Waals surface area contributed by atoms with Gasteiger partial charge in [0, 0.05) is 12.5 Å². The predicted octanol–water partition coefficient (Wildman–Crippen LogP) is 4.97. The fourth-order valence-electron chi connectivity index (χ4n) is 3.75. The van der Waals surface area contributed by atoms with E-state index in [-0.39, 0.29) is 35.8 Å². The average Bonchev–Trinajstić information content (AvgIpc) is 3.23. The van der Waals surface area contributed by atoms with E-state index in [9.17, 15) is 22.8 Å². The molecule has 2 atom stereocenters. The third kappa shape index (κ3) is 4.69. The number of nitrogens with zero attached hydrogens (tertiary/aromatic N) is 2. The van der Waals surface area contributed by atoms with Gasteiger partial charge < -0.3 is 15.4 Å². The summed E-state index contributed by atoms with van der Waals surface area (Å²) in [5.74, 6) is -1.28. The molecule has 1 aliphatic rings. The summed E-state index contributed by atoms with van der Waals surface area (Å²) in [4.78, 5) is 25.0. The highest BCUT2D eigenvalue weighted by molar-refractivity contribution is 6.07. The predicted molar refractivity (Wildman–Crippen MR) is 115 cm³/mol. The maximum atomic E-state index is 13.8. The van der Waals surface area contributed by atoms with Gasteiger partial charge in [0.25, 0.3) is 5.91 Å². The summed E-state index contributed by atoms with van der Waals surface area (Å²) in [5, 5.41) is 9.53. The maximum absolute atomic E-state index is 13.8. The molecule has 4 rings (SSSR count). The summed E-state index contributed by atoms with van der Waals surface area (Å²) < 4.78 is 47.3. The zero-order chi connectivity index (χ0) is 23.6. The molecule has 2 N–H and O–H groups in total. The molecule has 0 unspecified atom stereocenters. The molecule has 33 heavy (non-hydrogen) atoms. The monoisotopic (exact) mass is 458 g/mol. The lowest BCUT2D eigenvalue weighted by atomic mass is 9.97. The summed E-state index contributed by atoms with van der Waals surface area (Å²) in [5.41, 5.74) is 0.800. The van der Waals surface area contributed by atoms with E-state index in [2.05, 4.69) is 15.7 Å². The number of ether oxygens (including phenoxy) is 1. The molecular weight excluding hydrogens is 437 g/mol. The molecule has 10 heteroatoms. The Morgan fingerprint density at radius 2 is 1.85 bits per heavy atom. The normalized spacial score (nSPS) is 17.6. The average molecular weight is 458 g/mol. The Morgan fingerprint density at radius 1 is 1.15 bits per heavy atom. The van der Waals surface area contributed by atoms with Gasteiger partial charge in [-0.05, 0) is 24.6 Å². The van der Waals surface area contributed by atoms with Crippen LogP contribution in [0.2, 0.25) is 0 Å². The van der Waals surface area contributed by atoms with Gasteiger partial charge in [-0.3, -0.25) is 4.79 Å². The summed E-state index contributed by atoms with van der Waals surface area (Å²) in [6.07, 6.45) is -4.82. The summed E-state index contributed by atoms with van der Waals surface area (Å²) in [7, 11) is 0. The highest BCUT2D eigenvalue weighted by atomic mass is 19.4. The van der Waals surface area contributed by atoms with Gasteiger partial charge >= 0.3 is 12.1 Å². The van der Waals surface area contributed by atoms with Gasteiger partial charge in [-0.1, -0.05) is 42.5 Å². The number of nitrogens with one attached hydrogen (secondary N) is 2. The van der Waals surface area contributed by atoms with E-state index in [1.54, 1.807) is 49.4 Å². The number of hydrogen-bond acceptors (Lipinski definition) is 5. The zero-order valence-electron chi connectivity index (χ0n) is 17.6. The molecule has 1 aromatic heterocycles. The van der Waals surface area contributed by atoms with Crippen LogP contribution in [0.3, 0.4) is 0 Å². The second-order valence-electron chi connectivity index (χ2n) is 7.48. The van der Waals surface area contributed by atoms with Crippen LogP contribution in [-0.4, -0.2) is 34.4 Å². The molecule has 0 saturated carbocycles. The van der Waals surface area contributed by atoms with Crippen LogP contribution in [0.1, 0.15) is 51.8 Å². The molecule has 2 aromatic carbocycles. The Morgan fingerprint density at radius 3 is 2.55 bits per heavy atom. The molecular formula is C23H21F3N4O3. The SMILES string of the molecule is CCOC(=O)c1ccccc1NC(=O)c1cc2n(n1)[C@H](C(F)(F)F)C[C@@H](c1ccccc1)N2. The minimum atomic E-state index is -4.56. The second kappa shape index (κ2) is 8.97. The first-order valence-electron chi connectivity index (χ1n) is 10.3. The molecule has 1 aliphatic heterocycles. The lowest BCUT2D eigenvalue weighted by Gasteiger charge is -2.33. The molecule has 2 heterocycles. The Kier molecular flexibility index (Phi) is 6.08. The van der Waals surface area contributed by atoms with Crippen LogP contribution in [0, 0.1) is 0 Å². The fraction of sp³-hybridized carbons (Fsp3) is 0.261. The van der Waals surface area contributed by atoms with Gasteiger partial charge in [0.05, 0.1) is 23.9 Å². The van der Waals surface area contributed by atoms with E-state index in [0.717, 1.165) is 4.68 Å². The number of amides is 1. The minimum Gasteiger partial charge on any atom is -0.462 e. The Balaban J connectivity index is 1.63. The molecule has 0 fully saturated rings. The fourth-order valence-corrected chi connectivity index (χ4v) is 3.75. The van der Waals surface area contributed by atoms with Crippen LogP contribution in [0.4, 0.5) is 24.7 Å². The number of rotatable bonds is 5. The van der Waals surface area contributed by atoms with E-state index in [4.69, 9.17) is 4.74 Å². The van der Waals surface area contributed by atoms with Crippen LogP contribution >= 0.6 is 0 Å². The van der Waals surface area contributed by atoms with E-state index in [0.29, 0.717) is 5.56 Å². The summed E-state index contributed by atoms with van der Waals surface area (Å²) in [6, 6.07) is 13.8. The van der Waals surface area contributed by atoms with Crippen molar-refractivity contribution in [1.82, 2.24) is 9.78 Å². The lowest BCUT2D eigenvalue weighted by Crippen LogP contribution is -2.35. The third-order valence-corrected chi connectivity index (χ3v) is 5.30. The summed E-state index contributed by atoms with van der Waals surface area (Å²) in [6.45, 7) is 1.81. The molecule has 1 amide bonds. The quantitative estimate of drug-likeness (QED) is 0.527. The topological polar surface area (TPSA) is 85.2 Å².